The van der Waals surface area contributed by atoms with E-state index < -0.39 is 11.8 Å². The number of likely N-dealkylation sites (N-methyl/N-ethyl adjacent to an activating group) is 1. The minimum Gasteiger partial charge on any atom is -0.453 e. The molecule has 27 heavy (non-hydrogen) atoms. The third-order valence-electron chi connectivity index (χ3n) is 5.56. The van der Waals surface area contributed by atoms with E-state index in [1.165, 1.54) is 0 Å². The lowest BCUT2D eigenvalue weighted by Gasteiger charge is -2.36. The summed E-state index contributed by atoms with van der Waals surface area (Å²) in [6.45, 7) is 5.29. The predicted octanol–water partition coefficient (Wildman–Crippen LogP) is 1.63. The van der Waals surface area contributed by atoms with Crippen LogP contribution in [0.3, 0.4) is 0 Å². The third kappa shape index (κ3) is 4.63. The van der Waals surface area contributed by atoms with Gasteiger partial charge < -0.3 is 20.3 Å². The number of ether oxygens (including phenoxy) is 1. The average Bonchev–Trinajstić information content (AvgIpc) is 3.23. The number of anilines is 1. The van der Waals surface area contributed by atoms with Gasteiger partial charge in [0.25, 0.3) is 11.8 Å². The molecule has 0 radical (unpaired) electrons. The van der Waals surface area contributed by atoms with Gasteiger partial charge in [0.05, 0.1) is 17.1 Å². The second-order valence-corrected chi connectivity index (χ2v) is 7.58. The third-order valence-corrected chi connectivity index (χ3v) is 5.56. The molecular formula is C18H27F2N5O2. The first-order chi connectivity index (χ1) is 12.7. The number of nitrogens with two attached hydrogens (primary N) is 1. The van der Waals surface area contributed by atoms with E-state index in [2.05, 4.69) is 14.9 Å². The Bertz CT molecular complexity index is 684. The zero-order valence-electron chi connectivity index (χ0n) is 16.0. The van der Waals surface area contributed by atoms with Crippen LogP contribution < -0.4 is 10.5 Å². The molecule has 1 atom stereocenters. The number of piperidine rings is 1. The van der Waals surface area contributed by atoms with Gasteiger partial charge in [-0.05, 0) is 26.7 Å². The second kappa shape index (κ2) is 7.53. The van der Waals surface area contributed by atoms with Crippen LogP contribution in [0.25, 0.3) is 0 Å². The van der Waals surface area contributed by atoms with E-state index in [0.29, 0.717) is 23.6 Å². The van der Waals surface area contributed by atoms with Crippen molar-refractivity contribution in [1.29, 1.82) is 0 Å². The molecule has 7 nitrogen and oxygen atoms in total. The molecule has 1 amide bonds. The number of hydrogen-bond acceptors (Lipinski definition) is 6. The Kier molecular flexibility index (Phi) is 5.50. The van der Waals surface area contributed by atoms with Crippen LogP contribution in [0.4, 0.5) is 14.5 Å². The summed E-state index contributed by atoms with van der Waals surface area (Å²) in [6.07, 6.45) is 1.56. The van der Waals surface area contributed by atoms with Crippen LogP contribution in [0.2, 0.25) is 0 Å². The van der Waals surface area contributed by atoms with Crippen molar-refractivity contribution in [1.82, 2.24) is 19.8 Å². The summed E-state index contributed by atoms with van der Waals surface area (Å²) >= 11 is 0. The molecule has 1 saturated carbocycles. The van der Waals surface area contributed by atoms with E-state index in [0.717, 1.165) is 25.9 Å². The summed E-state index contributed by atoms with van der Waals surface area (Å²) in [5.74, 6) is -3.12. The Balaban J connectivity index is 1.44. The largest absolute Gasteiger partial charge is 0.453 e. The fourth-order valence-electron chi connectivity index (χ4n) is 3.46. The normalized spacial score (nSPS) is 22.5. The number of alkyl halides is 2. The molecule has 1 aromatic heterocycles. The summed E-state index contributed by atoms with van der Waals surface area (Å²) in [5, 5.41) is 0. The van der Waals surface area contributed by atoms with Crippen LogP contribution in [0.5, 0.6) is 6.01 Å². The lowest BCUT2D eigenvalue weighted by Crippen LogP contribution is -2.47. The van der Waals surface area contributed by atoms with Crippen LogP contribution in [-0.2, 0) is 4.79 Å². The van der Waals surface area contributed by atoms with Crippen LogP contribution in [0.1, 0.15) is 30.7 Å². The fraction of sp³-hybridized carbons (Fsp3) is 0.722. The molecule has 0 bridgehead atoms. The lowest BCUT2D eigenvalue weighted by atomic mass is 10.0. The quantitative estimate of drug-likeness (QED) is 0.804. The maximum absolute atomic E-state index is 13.0. The topological polar surface area (TPSA) is 84.6 Å². The molecule has 2 aliphatic rings. The minimum absolute atomic E-state index is 0.00874. The Morgan fingerprint density at radius 2 is 1.85 bits per heavy atom. The van der Waals surface area contributed by atoms with Gasteiger partial charge in [0.2, 0.25) is 0 Å². The molecule has 2 N–H and O–H groups in total. The molecule has 150 valence electrons. The fourth-order valence-corrected chi connectivity index (χ4v) is 3.46. The SMILES string of the molecule is Cc1nc(OCC(=O)N(C)C2CCN(CC3CC3(F)F)CC2)nc(C)c1N. The second-order valence-electron chi connectivity index (χ2n) is 7.58. The van der Waals surface area contributed by atoms with Gasteiger partial charge in [0.1, 0.15) is 0 Å². The van der Waals surface area contributed by atoms with Crippen molar-refractivity contribution in [3.63, 3.8) is 0 Å². The Hall–Kier alpha value is -2.03. The zero-order valence-corrected chi connectivity index (χ0v) is 16.0. The van der Waals surface area contributed by atoms with Crippen LogP contribution in [-0.4, -0.2) is 70.9 Å². The standard InChI is InChI=1S/C18H27F2N5O2/c1-11-16(21)12(2)23-17(22-11)27-10-15(26)24(3)14-4-6-25(7-5-14)9-13-8-18(13,19)20/h13-14H,4-10,21H2,1-3H3. The van der Waals surface area contributed by atoms with Crippen molar-refractivity contribution in [2.45, 2.75) is 45.1 Å². The maximum atomic E-state index is 13.0. The van der Waals surface area contributed by atoms with Crippen molar-refractivity contribution < 1.29 is 18.3 Å². The van der Waals surface area contributed by atoms with E-state index in [9.17, 15) is 13.6 Å². The Morgan fingerprint density at radius 3 is 2.37 bits per heavy atom. The minimum atomic E-state index is -2.47. The summed E-state index contributed by atoms with van der Waals surface area (Å²) in [4.78, 5) is 24.4. The number of hydrogen-bond donors (Lipinski definition) is 1. The van der Waals surface area contributed by atoms with Crippen molar-refractivity contribution in [2.75, 3.05) is 39.0 Å². The molecule has 1 unspecified atom stereocenters. The van der Waals surface area contributed by atoms with E-state index >= 15 is 0 Å². The zero-order chi connectivity index (χ0) is 19.8. The van der Waals surface area contributed by atoms with Crippen LogP contribution >= 0.6 is 0 Å². The number of aryl methyl sites for hydroxylation is 2. The first kappa shape index (κ1) is 19.7. The highest BCUT2D eigenvalue weighted by atomic mass is 19.3. The highest BCUT2D eigenvalue weighted by Crippen LogP contribution is 2.49. The van der Waals surface area contributed by atoms with Gasteiger partial charge in [0, 0.05) is 45.1 Å². The van der Waals surface area contributed by atoms with Crippen molar-refractivity contribution >= 4 is 11.6 Å². The summed E-state index contributed by atoms with van der Waals surface area (Å²) in [5.41, 5.74) is 7.56. The summed E-state index contributed by atoms with van der Waals surface area (Å²) < 4.78 is 31.5. The van der Waals surface area contributed by atoms with E-state index in [-0.39, 0.29) is 31.0 Å². The number of nitrogen functional groups attached to an aromatic ring is 1. The summed E-state index contributed by atoms with van der Waals surface area (Å²) in [6, 6.07) is 0.231. The smallest absolute Gasteiger partial charge is 0.317 e. The molecule has 0 spiro atoms. The molecular weight excluding hydrogens is 356 g/mol. The van der Waals surface area contributed by atoms with Gasteiger partial charge in [-0.25, -0.2) is 8.78 Å². The van der Waals surface area contributed by atoms with Gasteiger partial charge in [-0.2, -0.15) is 9.97 Å². The highest BCUT2D eigenvalue weighted by molar-refractivity contribution is 5.77. The number of carbonyl (C=O) groups excluding carboxylic acids is 1. The Labute approximate surface area is 157 Å². The van der Waals surface area contributed by atoms with Crippen molar-refractivity contribution in [3.05, 3.63) is 11.4 Å². The van der Waals surface area contributed by atoms with E-state index in [1.54, 1.807) is 25.8 Å². The van der Waals surface area contributed by atoms with E-state index in [4.69, 9.17) is 10.5 Å². The van der Waals surface area contributed by atoms with Gasteiger partial charge in [0.15, 0.2) is 6.61 Å². The number of nitrogens with zero attached hydrogens (tertiary/aromatic N) is 4. The average molecular weight is 383 g/mol. The van der Waals surface area contributed by atoms with Crippen molar-refractivity contribution in [2.24, 2.45) is 5.92 Å². The molecule has 2 fully saturated rings. The predicted molar refractivity (Wildman–Crippen MR) is 96.7 cm³/mol. The van der Waals surface area contributed by atoms with Gasteiger partial charge >= 0.3 is 6.01 Å². The first-order valence-electron chi connectivity index (χ1n) is 9.26. The van der Waals surface area contributed by atoms with Gasteiger partial charge in [-0.3, -0.25) is 4.79 Å². The first-order valence-corrected chi connectivity index (χ1v) is 9.26. The maximum Gasteiger partial charge on any atom is 0.317 e. The molecule has 2 heterocycles. The number of aromatic nitrogens is 2. The monoisotopic (exact) mass is 383 g/mol. The van der Waals surface area contributed by atoms with Gasteiger partial charge in [-0.15, -0.1) is 0 Å². The number of halogens is 2. The molecule has 3 rings (SSSR count). The van der Waals surface area contributed by atoms with Crippen LogP contribution in [0.15, 0.2) is 0 Å². The lowest BCUT2D eigenvalue weighted by molar-refractivity contribution is -0.135. The number of carbonyl (C=O) groups is 1. The number of likely N-dealkylation sites (tertiary alicyclic amines) is 1. The molecule has 1 aromatic rings. The van der Waals surface area contributed by atoms with Crippen molar-refractivity contribution in [3.8, 4) is 6.01 Å². The summed E-state index contributed by atoms with van der Waals surface area (Å²) in [7, 11) is 1.75. The molecule has 9 heteroatoms. The number of rotatable bonds is 6. The molecule has 1 aliphatic heterocycles. The molecule has 1 aliphatic carbocycles. The number of amides is 1. The van der Waals surface area contributed by atoms with E-state index in [1.807, 2.05) is 0 Å². The molecule has 1 saturated heterocycles. The highest BCUT2D eigenvalue weighted by Gasteiger charge is 2.57. The van der Waals surface area contributed by atoms with Crippen LogP contribution in [0, 0.1) is 19.8 Å². The molecule has 0 aromatic carbocycles. The van der Waals surface area contributed by atoms with Gasteiger partial charge in [-0.1, -0.05) is 0 Å². The Morgan fingerprint density at radius 1 is 1.30 bits per heavy atom.